The fourth-order valence-electron chi connectivity index (χ4n) is 5.20. The van der Waals surface area contributed by atoms with Gasteiger partial charge in [0.25, 0.3) is 0 Å². The van der Waals surface area contributed by atoms with E-state index in [1.165, 1.54) is 0 Å². The zero-order chi connectivity index (χ0) is 22.0. The largest absolute Gasteiger partial charge is 0.316 e. The van der Waals surface area contributed by atoms with Gasteiger partial charge in [0, 0.05) is 40.5 Å². The fourth-order valence-corrected chi connectivity index (χ4v) is 7.17. The summed E-state index contributed by atoms with van der Waals surface area (Å²) in [5, 5.41) is 0.583. The number of nitrogens with zero attached hydrogens (tertiary/aromatic N) is 1. The first-order valence-corrected chi connectivity index (χ1v) is 12.5. The average Bonchev–Trinajstić information content (AvgIpc) is 3.02. The molecule has 1 unspecified atom stereocenters. The minimum atomic E-state index is -3.48. The van der Waals surface area contributed by atoms with Crippen molar-refractivity contribution in [1.29, 1.82) is 0 Å². The van der Waals surface area contributed by atoms with Gasteiger partial charge in [-0.15, -0.1) is 0 Å². The first kappa shape index (κ1) is 20.5. The maximum atomic E-state index is 13.5. The maximum Gasteiger partial charge on any atom is 0.177 e. The summed E-state index contributed by atoms with van der Waals surface area (Å²) in [6.07, 6.45) is 1.56. The summed E-state index contributed by atoms with van der Waals surface area (Å²) in [7, 11) is -3.48. The van der Waals surface area contributed by atoms with Crippen LogP contribution in [0.15, 0.2) is 76.5 Å². The minimum Gasteiger partial charge on any atom is -0.316 e. The number of sulfone groups is 1. The third-order valence-electron chi connectivity index (χ3n) is 6.43. The summed E-state index contributed by atoms with van der Waals surface area (Å²) in [6, 6.07) is 17.0. The summed E-state index contributed by atoms with van der Waals surface area (Å²) in [6.45, 7) is 4.20. The van der Waals surface area contributed by atoms with E-state index in [0.717, 1.165) is 22.6 Å². The van der Waals surface area contributed by atoms with Gasteiger partial charge in [0.15, 0.2) is 15.6 Å². The molecule has 0 aromatic heterocycles. The molecule has 5 rings (SSSR count). The lowest BCUT2D eigenvalue weighted by Gasteiger charge is -2.44. The topological polar surface area (TPSA) is 54.5 Å². The van der Waals surface area contributed by atoms with Gasteiger partial charge in [0.05, 0.1) is 16.6 Å². The second-order valence-corrected chi connectivity index (χ2v) is 11.9. The number of hydrogen-bond acceptors (Lipinski definition) is 4. The summed E-state index contributed by atoms with van der Waals surface area (Å²) in [5.74, 6) is -0.470. The highest BCUT2D eigenvalue weighted by Crippen LogP contribution is 2.54. The maximum absolute atomic E-state index is 13.5. The molecule has 2 aromatic carbocycles. The van der Waals surface area contributed by atoms with Gasteiger partial charge >= 0.3 is 0 Å². The summed E-state index contributed by atoms with van der Waals surface area (Å²) >= 11 is 6.11. The van der Waals surface area contributed by atoms with Crippen LogP contribution in [0.3, 0.4) is 0 Å². The van der Waals surface area contributed by atoms with Crippen molar-refractivity contribution in [1.82, 2.24) is 0 Å². The SMILES string of the molecule is CC1(C)CC(=O)C2=C(C1)N(c1ccccc1)C1=C(C2c2ccc(Cl)cc2)S(=O)(=O)CC1. The lowest BCUT2D eigenvalue weighted by molar-refractivity contribution is -0.118. The van der Waals surface area contributed by atoms with Gasteiger partial charge in [0.2, 0.25) is 0 Å². The van der Waals surface area contributed by atoms with Crippen LogP contribution in [0.25, 0.3) is 0 Å². The number of rotatable bonds is 2. The molecule has 0 radical (unpaired) electrons. The van der Waals surface area contributed by atoms with Crippen LogP contribution in [0.1, 0.15) is 44.6 Å². The Morgan fingerprint density at radius 2 is 1.65 bits per heavy atom. The molecule has 1 aliphatic carbocycles. The van der Waals surface area contributed by atoms with Crippen LogP contribution in [0.4, 0.5) is 5.69 Å². The molecule has 2 heterocycles. The van der Waals surface area contributed by atoms with Gasteiger partial charge in [-0.25, -0.2) is 8.42 Å². The Bertz CT molecular complexity index is 1240. The van der Waals surface area contributed by atoms with Crippen LogP contribution >= 0.6 is 11.6 Å². The van der Waals surface area contributed by atoms with Crippen LogP contribution in [-0.4, -0.2) is 20.0 Å². The molecule has 0 fully saturated rings. The van der Waals surface area contributed by atoms with Crippen LogP contribution in [0.5, 0.6) is 0 Å². The predicted octanol–water partition coefficient (Wildman–Crippen LogP) is 5.62. The fraction of sp³-hybridized carbons (Fsp3) is 0.320. The second-order valence-electron chi connectivity index (χ2n) is 9.34. The zero-order valence-electron chi connectivity index (χ0n) is 17.6. The first-order valence-electron chi connectivity index (χ1n) is 10.5. The number of Topliss-reactive ketones (excluding diaryl/α,β-unsaturated/α-hetero) is 1. The Morgan fingerprint density at radius 3 is 2.32 bits per heavy atom. The van der Waals surface area contributed by atoms with E-state index in [1.807, 2.05) is 42.5 Å². The predicted molar refractivity (Wildman–Crippen MR) is 124 cm³/mol. The highest BCUT2D eigenvalue weighted by Gasteiger charge is 2.49. The van der Waals surface area contributed by atoms with Crippen molar-refractivity contribution in [2.45, 2.75) is 39.0 Å². The molecule has 0 bridgehead atoms. The Morgan fingerprint density at radius 1 is 0.968 bits per heavy atom. The van der Waals surface area contributed by atoms with Gasteiger partial charge < -0.3 is 4.90 Å². The second kappa shape index (κ2) is 7.07. The first-order chi connectivity index (χ1) is 14.7. The van der Waals surface area contributed by atoms with Crippen LogP contribution < -0.4 is 4.90 Å². The smallest absolute Gasteiger partial charge is 0.177 e. The molecular weight excluding hydrogens is 430 g/mol. The number of carbonyl (C=O) groups is 1. The van der Waals surface area contributed by atoms with Crippen molar-refractivity contribution in [3.8, 4) is 0 Å². The van der Waals surface area contributed by atoms with Crippen molar-refractivity contribution in [3.63, 3.8) is 0 Å². The highest BCUT2D eigenvalue weighted by atomic mass is 35.5. The quantitative estimate of drug-likeness (QED) is 0.592. The summed E-state index contributed by atoms with van der Waals surface area (Å²) < 4.78 is 26.6. The van der Waals surface area contributed by atoms with Gasteiger partial charge in [-0.1, -0.05) is 55.8 Å². The Hall–Kier alpha value is -2.37. The molecule has 2 aliphatic heterocycles. The van der Waals surface area contributed by atoms with Crippen LogP contribution in [0, 0.1) is 5.41 Å². The van der Waals surface area contributed by atoms with Crippen molar-refractivity contribution < 1.29 is 13.2 Å². The molecule has 160 valence electrons. The van der Waals surface area contributed by atoms with E-state index >= 15 is 0 Å². The Kier molecular flexibility index (Phi) is 4.68. The third-order valence-corrected chi connectivity index (χ3v) is 8.57. The Balaban J connectivity index is 1.83. The summed E-state index contributed by atoms with van der Waals surface area (Å²) in [4.78, 5) is 16.0. The number of allylic oxidation sites excluding steroid dienone is 4. The monoisotopic (exact) mass is 453 g/mol. The molecule has 0 N–H and O–H groups in total. The van der Waals surface area contributed by atoms with E-state index in [9.17, 15) is 13.2 Å². The molecule has 0 amide bonds. The van der Waals surface area contributed by atoms with Gasteiger partial charge in [0.1, 0.15) is 0 Å². The van der Waals surface area contributed by atoms with Crippen molar-refractivity contribution in [3.05, 3.63) is 87.1 Å². The number of hydrogen-bond donors (Lipinski definition) is 0. The summed E-state index contributed by atoms with van der Waals surface area (Å²) in [5.41, 5.74) is 3.87. The number of ketones is 1. The number of carbonyl (C=O) groups excluding carboxylic acids is 1. The van der Waals surface area contributed by atoms with E-state index < -0.39 is 15.8 Å². The number of halogens is 1. The average molecular weight is 454 g/mol. The molecule has 0 saturated heterocycles. The van der Waals surface area contributed by atoms with Crippen molar-refractivity contribution >= 4 is 32.9 Å². The van der Waals surface area contributed by atoms with Gasteiger partial charge in [-0.05, 0) is 41.7 Å². The molecule has 0 spiro atoms. The van der Waals surface area contributed by atoms with Crippen LogP contribution in [-0.2, 0) is 14.6 Å². The molecule has 1 atom stereocenters. The molecule has 6 heteroatoms. The van der Waals surface area contributed by atoms with Crippen molar-refractivity contribution in [2.24, 2.45) is 5.41 Å². The highest BCUT2D eigenvalue weighted by molar-refractivity contribution is 7.95. The molecule has 4 nitrogen and oxygen atoms in total. The molecule has 31 heavy (non-hydrogen) atoms. The lowest BCUT2D eigenvalue weighted by Crippen LogP contribution is -2.39. The van der Waals surface area contributed by atoms with Crippen molar-refractivity contribution in [2.75, 3.05) is 10.7 Å². The Labute approximate surface area is 188 Å². The van der Waals surface area contributed by atoms with E-state index in [0.29, 0.717) is 34.8 Å². The van der Waals surface area contributed by atoms with E-state index in [-0.39, 0.29) is 17.0 Å². The zero-order valence-corrected chi connectivity index (χ0v) is 19.1. The van der Waals surface area contributed by atoms with E-state index in [2.05, 4.69) is 18.7 Å². The standard InChI is InChI=1S/C25H24ClNO3S/c1-25(2)14-20-23(21(28)15-25)22(16-8-10-17(26)11-9-16)24-19(12-13-31(24,29)30)27(20)18-6-4-3-5-7-18/h3-11,22H,12-15H2,1-2H3. The van der Waals surface area contributed by atoms with Crippen LogP contribution in [0.2, 0.25) is 5.02 Å². The molecule has 0 saturated carbocycles. The number of para-hydroxylation sites is 1. The number of benzene rings is 2. The number of anilines is 1. The molecule has 2 aromatic rings. The molecule has 3 aliphatic rings. The molecular formula is C25H24ClNO3S. The minimum absolute atomic E-state index is 0.0285. The van der Waals surface area contributed by atoms with E-state index in [4.69, 9.17) is 11.6 Å². The lowest BCUT2D eigenvalue weighted by atomic mass is 9.70. The van der Waals surface area contributed by atoms with Gasteiger partial charge in [-0.3, -0.25) is 4.79 Å². The van der Waals surface area contributed by atoms with Gasteiger partial charge in [-0.2, -0.15) is 0 Å². The third kappa shape index (κ3) is 3.35. The van der Waals surface area contributed by atoms with E-state index in [1.54, 1.807) is 12.1 Å². The normalized spacial score (nSPS) is 24.3.